The summed E-state index contributed by atoms with van der Waals surface area (Å²) in [6.45, 7) is 0. The monoisotopic (exact) mass is 598 g/mol. The lowest BCUT2D eigenvalue weighted by molar-refractivity contribution is 0.676. The summed E-state index contributed by atoms with van der Waals surface area (Å²) in [6, 6.07) is 51.8. The summed E-state index contributed by atoms with van der Waals surface area (Å²) in [5.74, 6) is 1.85. The van der Waals surface area contributed by atoms with Gasteiger partial charge in [-0.3, -0.25) is 0 Å². The molecule has 8 rings (SSSR count). The number of hydrogen-bond donors (Lipinski definition) is 0. The van der Waals surface area contributed by atoms with Crippen LogP contribution in [0.2, 0.25) is 0 Å². The van der Waals surface area contributed by atoms with Crippen LogP contribution in [0.25, 0.3) is 56.4 Å². The van der Waals surface area contributed by atoms with Crippen molar-refractivity contribution in [3.63, 3.8) is 0 Å². The average molecular weight is 599 g/mol. The van der Waals surface area contributed by atoms with Crippen LogP contribution in [0.5, 0.6) is 0 Å². The fraction of sp³-hybridized carbons (Fsp3) is 0. The van der Waals surface area contributed by atoms with Crippen molar-refractivity contribution in [1.82, 2.24) is 15.0 Å². The second-order valence-corrected chi connectivity index (χ2v) is 12.9. The van der Waals surface area contributed by atoms with Crippen molar-refractivity contribution in [1.29, 1.82) is 0 Å². The first-order valence-electron chi connectivity index (χ1n) is 14.7. The van der Waals surface area contributed by atoms with E-state index in [1.807, 2.05) is 140 Å². The zero-order valence-electron chi connectivity index (χ0n) is 24.1. The largest absolute Gasteiger partial charge is 0.239 e. The van der Waals surface area contributed by atoms with Gasteiger partial charge in [0.15, 0.2) is 17.5 Å². The molecule has 6 heteroatoms. The third kappa shape index (κ3) is 4.91. The maximum atomic E-state index is 14.4. The van der Waals surface area contributed by atoms with Crippen molar-refractivity contribution in [3.05, 3.63) is 158 Å². The van der Waals surface area contributed by atoms with E-state index in [4.69, 9.17) is 19.3 Å². The minimum Gasteiger partial charge on any atom is -0.239 e. The SMILES string of the molecule is O=S1(c2ccccc2)=Nc2ccc(-c3cccc(-c4nc(-c5ccccc5)nc(-c5ccccc5)n4)c3)cc2-c2ccccc21. The van der Waals surface area contributed by atoms with E-state index in [1.165, 1.54) is 0 Å². The summed E-state index contributed by atoms with van der Waals surface area (Å²) in [5, 5.41) is 0. The van der Waals surface area contributed by atoms with Crippen LogP contribution in [0.15, 0.2) is 172 Å². The maximum Gasteiger partial charge on any atom is 0.164 e. The standard InChI is InChI=1S/C39H26N4OS/c44-45(32-19-8-3-9-20-32)36-22-11-10-21-33(36)34-26-30(23-24-35(34)43-45)29-17-12-18-31(25-29)39-41-37(27-13-4-1-5-14-27)40-38(42-39)28-15-6-2-7-16-28/h1-26H. The highest BCUT2D eigenvalue weighted by Gasteiger charge is 2.26. The van der Waals surface area contributed by atoms with Crippen LogP contribution in [-0.2, 0) is 9.73 Å². The first-order valence-corrected chi connectivity index (χ1v) is 16.2. The van der Waals surface area contributed by atoms with E-state index < -0.39 is 9.73 Å². The molecule has 0 fully saturated rings. The first kappa shape index (κ1) is 26.9. The fourth-order valence-electron chi connectivity index (χ4n) is 5.69. The van der Waals surface area contributed by atoms with Gasteiger partial charge in [-0.2, -0.15) is 4.36 Å². The molecule has 1 aromatic heterocycles. The van der Waals surface area contributed by atoms with Crippen LogP contribution in [0.4, 0.5) is 5.69 Å². The highest BCUT2D eigenvalue weighted by atomic mass is 32.2. The Kier molecular flexibility index (Phi) is 6.62. The van der Waals surface area contributed by atoms with Gasteiger partial charge in [-0.25, -0.2) is 19.2 Å². The Labute approximate surface area is 262 Å². The Hall–Kier alpha value is -5.72. The van der Waals surface area contributed by atoms with Gasteiger partial charge in [0, 0.05) is 27.8 Å². The molecule has 214 valence electrons. The molecule has 0 radical (unpaired) electrons. The molecule has 0 saturated heterocycles. The highest BCUT2D eigenvalue weighted by molar-refractivity contribution is 7.94. The summed E-state index contributed by atoms with van der Waals surface area (Å²) in [6.07, 6.45) is 0. The molecule has 5 nitrogen and oxygen atoms in total. The van der Waals surface area contributed by atoms with Crippen molar-refractivity contribution in [2.24, 2.45) is 4.36 Å². The van der Waals surface area contributed by atoms with E-state index in [2.05, 4.69) is 18.2 Å². The van der Waals surface area contributed by atoms with Crippen molar-refractivity contribution in [2.75, 3.05) is 0 Å². The average Bonchev–Trinajstić information content (AvgIpc) is 3.12. The molecule has 0 spiro atoms. The fourth-order valence-corrected chi connectivity index (χ4v) is 7.85. The number of aromatic nitrogens is 3. The number of fused-ring (bicyclic) bond motifs is 3. The first-order chi connectivity index (χ1) is 22.2. The molecule has 1 atom stereocenters. The van der Waals surface area contributed by atoms with Gasteiger partial charge in [0.25, 0.3) is 0 Å². The molecule has 0 bridgehead atoms. The Morgan fingerprint density at radius 2 is 0.911 bits per heavy atom. The van der Waals surface area contributed by atoms with Gasteiger partial charge in [-0.1, -0.05) is 121 Å². The normalized spacial score (nSPS) is 15.0. The summed E-state index contributed by atoms with van der Waals surface area (Å²) in [5.41, 5.74) is 7.41. The van der Waals surface area contributed by atoms with Crippen molar-refractivity contribution >= 4 is 15.4 Å². The quantitative estimate of drug-likeness (QED) is 0.198. The lowest BCUT2D eigenvalue weighted by atomic mass is 9.96. The molecule has 1 aliphatic rings. The molecular formula is C39H26N4OS. The molecule has 0 aliphatic carbocycles. The van der Waals surface area contributed by atoms with Gasteiger partial charge in [0.05, 0.1) is 15.5 Å². The van der Waals surface area contributed by atoms with Crippen LogP contribution >= 0.6 is 0 Å². The third-order valence-corrected chi connectivity index (χ3v) is 10.2. The molecule has 0 amide bonds. The lowest BCUT2D eigenvalue weighted by Gasteiger charge is -2.22. The van der Waals surface area contributed by atoms with Crippen LogP contribution in [0, 0.1) is 0 Å². The van der Waals surface area contributed by atoms with Crippen molar-refractivity contribution < 1.29 is 4.21 Å². The molecule has 0 N–H and O–H groups in total. The minimum atomic E-state index is -2.81. The molecular weight excluding hydrogens is 573 g/mol. The second kappa shape index (κ2) is 11.1. The smallest absolute Gasteiger partial charge is 0.164 e. The van der Waals surface area contributed by atoms with Crippen LogP contribution < -0.4 is 0 Å². The Balaban J connectivity index is 1.24. The zero-order chi connectivity index (χ0) is 30.2. The molecule has 2 heterocycles. The summed E-state index contributed by atoms with van der Waals surface area (Å²) in [4.78, 5) is 16.1. The van der Waals surface area contributed by atoms with Gasteiger partial charge in [0.1, 0.15) is 9.73 Å². The molecule has 6 aromatic carbocycles. The van der Waals surface area contributed by atoms with Crippen LogP contribution in [0.3, 0.4) is 0 Å². The molecule has 7 aromatic rings. The third-order valence-electron chi connectivity index (χ3n) is 7.91. The van der Waals surface area contributed by atoms with Gasteiger partial charge >= 0.3 is 0 Å². The maximum absolute atomic E-state index is 14.4. The number of rotatable bonds is 5. The van der Waals surface area contributed by atoms with E-state index in [0.29, 0.717) is 22.4 Å². The van der Waals surface area contributed by atoms with Gasteiger partial charge < -0.3 is 0 Å². The van der Waals surface area contributed by atoms with E-state index in [0.717, 1.165) is 49.5 Å². The van der Waals surface area contributed by atoms with Crippen molar-refractivity contribution in [2.45, 2.75) is 9.79 Å². The van der Waals surface area contributed by atoms with Gasteiger partial charge in [-0.15, -0.1) is 0 Å². The van der Waals surface area contributed by atoms with E-state index >= 15 is 0 Å². The second-order valence-electron chi connectivity index (χ2n) is 10.8. The van der Waals surface area contributed by atoms with E-state index in [9.17, 15) is 4.21 Å². The summed E-state index contributed by atoms with van der Waals surface area (Å²) < 4.78 is 19.3. The topological polar surface area (TPSA) is 68.1 Å². The Morgan fingerprint density at radius 1 is 0.400 bits per heavy atom. The number of hydrogen-bond acceptors (Lipinski definition) is 5. The van der Waals surface area contributed by atoms with Gasteiger partial charge in [-0.05, 0) is 47.5 Å². The van der Waals surface area contributed by atoms with E-state index in [1.54, 1.807) is 0 Å². The molecule has 0 saturated carbocycles. The summed E-state index contributed by atoms with van der Waals surface area (Å²) >= 11 is 0. The summed E-state index contributed by atoms with van der Waals surface area (Å²) in [7, 11) is -2.81. The van der Waals surface area contributed by atoms with Crippen molar-refractivity contribution in [3.8, 4) is 56.4 Å². The minimum absolute atomic E-state index is 0.602. The van der Waals surface area contributed by atoms with Gasteiger partial charge in [0.2, 0.25) is 0 Å². The Morgan fingerprint density at radius 3 is 1.58 bits per heavy atom. The van der Waals surface area contributed by atoms with Crippen LogP contribution in [-0.4, -0.2) is 19.2 Å². The Bertz CT molecular complexity index is 2260. The van der Waals surface area contributed by atoms with Crippen LogP contribution in [0.1, 0.15) is 0 Å². The number of benzene rings is 6. The highest BCUT2D eigenvalue weighted by Crippen LogP contribution is 2.45. The predicted molar refractivity (Wildman–Crippen MR) is 180 cm³/mol. The lowest BCUT2D eigenvalue weighted by Crippen LogP contribution is -2.07. The molecule has 1 unspecified atom stereocenters. The molecule has 1 aliphatic heterocycles. The number of nitrogens with zero attached hydrogens (tertiary/aromatic N) is 4. The van der Waals surface area contributed by atoms with E-state index in [-0.39, 0.29) is 0 Å². The molecule has 45 heavy (non-hydrogen) atoms. The predicted octanol–water partition coefficient (Wildman–Crippen LogP) is 9.74. The zero-order valence-corrected chi connectivity index (χ0v) is 24.9.